The summed E-state index contributed by atoms with van der Waals surface area (Å²) in [5, 5.41) is 1.54. The van der Waals surface area contributed by atoms with Crippen molar-refractivity contribution in [3.05, 3.63) is 35.4 Å². The Morgan fingerprint density at radius 1 is 0.950 bits per heavy atom. The number of esters is 2. The smallest absolute Gasteiger partial charge is 0.308 e. The number of carbonyl (C=O) groups is 2. The molecule has 0 amide bonds. The molecular weight excluding hydrogens is 256 g/mol. The molecule has 0 fully saturated rings. The molecule has 0 spiro atoms. The van der Waals surface area contributed by atoms with E-state index in [1.165, 1.54) is 13.8 Å². The predicted molar refractivity (Wildman–Crippen MR) is 76.0 cm³/mol. The zero-order valence-corrected chi connectivity index (χ0v) is 11.9. The maximum absolute atomic E-state index is 11.2. The maximum atomic E-state index is 11.2. The number of hydrogen-bond acceptors (Lipinski definition) is 4. The van der Waals surface area contributed by atoms with Crippen LogP contribution in [-0.4, -0.2) is 11.9 Å². The minimum absolute atomic E-state index is 0.379. The molecule has 0 aliphatic heterocycles. The summed E-state index contributed by atoms with van der Waals surface area (Å²) in [7, 11) is 0. The van der Waals surface area contributed by atoms with Crippen LogP contribution < -0.4 is 9.47 Å². The summed E-state index contributed by atoms with van der Waals surface area (Å²) >= 11 is 0. The van der Waals surface area contributed by atoms with Gasteiger partial charge in [0.15, 0.2) is 0 Å². The van der Waals surface area contributed by atoms with E-state index in [1.54, 1.807) is 6.07 Å². The molecule has 0 atom stereocenters. The van der Waals surface area contributed by atoms with Crippen LogP contribution in [0.2, 0.25) is 0 Å². The zero-order chi connectivity index (χ0) is 14.9. The molecule has 0 aliphatic rings. The van der Waals surface area contributed by atoms with E-state index < -0.39 is 0 Å². The number of benzene rings is 2. The first-order valence-electron chi connectivity index (χ1n) is 6.30. The lowest BCUT2D eigenvalue weighted by molar-refractivity contribution is -0.132. The topological polar surface area (TPSA) is 52.6 Å². The molecule has 0 heterocycles. The summed E-state index contributed by atoms with van der Waals surface area (Å²) < 4.78 is 10.6. The zero-order valence-electron chi connectivity index (χ0n) is 11.9. The normalized spacial score (nSPS) is 10.4. The summed E-state index contributed by atoms with van der Waals surface area (Å²) in [5.74, 6) is 0.233. The van der Waals surface area contributed by atoms with Gasteiger partial charge >= 0.3 is 11.9 Å². The SMILES string of the molecule is CC(=O)Oc1c(C)cc(OC(C)=O)c2c(C)cccc12. The number of rotatable bonds is 2. The van der Waals surface area contributed by atoms with Gasteiger partial charge in [0.25, 0.3) is 0 Å². The van der Waals surface area contributed by atoms with Gasteiger partial charge in [-0.15, -0.1) is 0 Å². The Kier molecular flexibility index (Phi) is 3.74. The van der Waals surface area contributed by atoms with Crippen LogP contribution in [-0.2, 0) is 9.59 Å². The Labute approximate surface area is 117 Å². The van der Waals surface area contributed by atoms with Crippen molar-refractivity contribution in [2.45, 2.75) is 27.7 Å². The lowest BCUT2D eigenvalue weighted by Crippen LogP contribution is -2.06. The molecule has 104 valence electrons. The van der Waals surface area contributed by atoms with Crippen LogP contribution in [0.15, 0.2) is 24.3 Å². The Morgan fingerprint density at radius 3 is 2.20 bits per heavy atom. The average molecular weight is 272 g/mol. The standard InChI is InChI=1S/C16H16O4/c1-9-6-5-7-13-15(9)14(19-11(3)17)8-10(2)16(13)20-12(4)18/h5-8H,1-4H3. The van der Waals surface area contributed by atoms with Gasteiger partial charge in [0, 0.05) is 24.6 Å². The van der Waals surface area contributed by atoms with Crippen LogP contribution in [0.25, 0.3) is 10.8 Å². The molecule has 0 aromatic heterocycles. The van der Waals surface area contributed by atoms with Crippen LogP contribution in [0.5, 0.6) is 11.5 Å². The highest BCUT2D eigenvalue weighted by Gasteiger charge is 2.16. The van der Waals surface area contributed by atoms with Crippen LogP contribution in [0.1, 0.15) is 25.0 Å². The lowest BCUT2D eigenvalue weighted by Gasteiger charge is -2.15. The highest BCUT2D eigenvalue weighted by atomic mass is 16.5. The number of carbonyl (C=O) groups excluding carboxylic acids is 2. The Balaban J connectivity index is 2.78. The van der Waals surface area contributed by atoms with Gasteiger partial charge in [-0.1, -0.05) is 18.2 Å². The second-order valence-corrected chi connectivity index (χ2v) is 4.71. The van der Waals surface area contributed by atoms with Crippen molar-refractivity contribution in [1.29, 1.82) is 0 Å². The average Bonchev–Trinajstić information content (AvgIpc) is 2.32. The molecule has 2 aromatic carbocycles. The third kappa shape index (κ3) is 2.64. The van der Waals surface area contributed by atoms with E-state index in [-0.39, 0.29) is 11.9 Å². The molecule has 0 bridgehead atoms. The van der Waals surface area contributed by atoms with Crippen molar-refractivity contribution in [1.82, 2.24) is 0 Å². The summed E-state index contributed by atoms with van der Waals surface area (Å²) in [6.45, 7) is 6.45. The number of fused-ring (bicyclic) bond motifs is 1. The molecule has 0 unspecified atom stereocenters. The van der Waals surface area contributed by atoms with E-state index in [0.717, 1.165) is 21.9 Å². The monoisotopic (exact) mass is 272 g/mol. The molecular formula is C16H16O4. The molecule has 0 aliphatic carbocycles. The molecule has 20 heavy (non-hydrogen) atoms. The van der Waals surface area contributed by atoms with Gasteiger partial charge in [-0.25, -0.2) is 0 Å². The number of ether oxygens (including phenoxy) is 2. The third-order valence-electron chi connectivity index (χ3n) is 2.97. The van der Waals surface area contributed by atoms with Gasteiger partial charge in [-0.05, 0) is 31.0 Å². The number of aryl methyl sites for hydroxylation is 2. The van der Waals surface area contributed by atoms with Gasteiger partial charge in [0.2, 0.25) is 0 Å². The lowest BCUT2D eigenvalue weighted by atomic mass is 10.0. The molecule has 0 saturated carbocycles. The van der Waals surface area contributed by atoms with Gasteiger partial charge < -0.3 is 9.47 Å². The quantitative estimate of drug-likeness (QED) is 0.621. The Bertz CT molecular complexity index is 701. The molecule has 0 N–H and O–H groups in total. The van der Waals surface area contributed by atoms with E-state index in [1.807, 2.05) is 32.0 Å². The third-order valence-corrected chi connectivity index (χ3v) is 2.97. The number of hydrogen-bond donors (Lipinski definition) is 0. The molecule has 4 heteroatoms. The maximum Gasteiger partial charge on any atom is 0.308 e. The van der Waals surface area contributed by atoms with Gasteiger partial charge in [-0.2, -0.15) is 0 Å². The Hall–Kier alpha value is -2.36. The van der Waals surface area contributed by atoms with Gasteiger partial charge in [0.1, 0.15) is 11.5 Å². The van der Waals surface area contributed by atoms with Crippen molar-refractivity contribution in [2.75, 3.05) is 0 Å². The molecule has 2 aromatic rings. The highest BCUT2D eigenvalue weighted by Crippen LogP contribution is 2.38. The van der Waals surface area contributed by atoms with Gasteiger partial charge in [-0.3, -0.25) is 9.59 Å². The summed E-state index contributed by atoms with van der Waals surface area (Å²) in [5.41, 5.74) is 1.70. The van der Waals surface area contributed by atoms with E-state index in [9.17, 15) is 9.59 Å². The van der Waals surface area contributed by atoms with Crippen LogP contribution in [0.3, 0.4) is 0 Å². The molecule has 0 radical (unpaired) electrons. The Morgan fingerprint density at radius 2 is 1.60 bits per heavy atom. The van der Waals surface area contributed by atoms with Gasteiger partial charge in [0.05, 0.1) is 0 Å². The van der Waals surface area contributed by atoms with E-state index in [0.29, 0.717) is 11.5 Å². The first-order chi connectivity index (χ1) is 9.40. The van der Waals surface area contributed by atoms with Crippen molar-refractivity contribution in [3.63, 3.8) is 0 Å². The predicted octanol–water partition coefficient (Wildman–Crippen LogP) is 3.31. The molecule has 0 saturated heterocycles. The van der Waals surface area contributed by atoms with E-state index in [4.69, 9.17) is 9.47 Å². The second-order valence-electron chi connectivity index (χ2n) is 4.71. The van der Waals surface area contributed by atoms with Crippen LogP contribution in [0, 0.1) is 13.8 Å². The summed E-state index contributed by atoms with van der Waals surface area (Å²) in [6.07, 6.45) is 0. The van der Waals surface area contributed by atoms with Crippen molar-refractivity contribution in [3.8, 4) is 11.5 Å². The van der Waals surface area contributed by atoms with E-state index in [2.05, 4.69) is 0 Å². The first-order valence-corrected chi connectivity index (χ1v) is 6.30. The highest BCUT2D eigenvalue weighted by molar-refractivity contribution is 5.99. The van der Waals surface area contributed by atoms with Crippen molar-refractivity contribution >= 4 is 22.7 Å². The fraction of sp³-hybridized carbons (Fsp3) is 0.250. The van der Waals surface area contributed by atoms with Crippen molar-refractivity contribution < 1.29 is 19.1 Å². The van der Waals surface area contributed by atoms with Crippen molar-refractivity contribution in [2.24, 2.45) is 0 Å². The van der Waals surface area contributed by atoms with Crippen LogP contribution >= 0.6 is 0 Å². The fourth-order valence-corrected chi connectivity index (χ4v) is 2.25. The minimum atomic E-state index is -0.380. The summed E-state index contributed by atoms with van der Waals surface area (Å²) in [6, 6.07) is 7.36. The molecule has 4 nitrogen and oxygen atoms in total. The second kappa shape index (κ2) is 5.33. The summed E-state index contributed by atoms with van der Waals surface area (Å²) in [4.78, 5) is 22.5. The molecule has 2 rings (SSSR count). The fourth-order valence-electron chi connectivity index (χ4n) is 2.25. The first kappa shape index (κ1) is 14.1. The van der Waals surface area contributed by atoms with E-state index >= 15 is 0 Å². The largest absolute Gasteiger partial charge is 0.426 e. The van der Waals surface area contributed by atoms with Crippen LogP contribution in [0.4, 0.5) is 0 Å². The minimum Gasteiger partial charge on any atom is -0.426 e.